The number of carboxylic acid groups (broad SMARTS) is 1. The van der Waals surface area contributed by atoms with Crippen LogP contribution in [0.25, 0.3) is 0 Å². The minimum Gasteiger partial charge on any atom is -0.481 e. The van der Waals surface area contributed by atoms with Gasteiger partial charge in [0, 0.05) is 6.42 Å². The van der Waals surface area contributed by atoms with Crippen LogP contribution in [-0.4, -0.2) is 16.1 Å². The SMILES string of the molecule is CC(C)(C(=O)O)c1coc(Cc2ccccc2)n1. The van der Waals surface area contributed by atoms with Crippen molar-refractivity contribution in [3.8, 4) is 0 Å². The Hall–Kier alpha value is -2.10. The topological polar surface area (TPSA) is 63.3 Å². The van der Waals surface area contributed by atoms with Gasteiger partial charge < -0.3 is 9.52 Å². The molecule has 1 N–H and O–H groups in total. The molecule has 0 aliphatic rings. The maximum atomic E-state index is 11.1. The number of aromatic nitrogens is 1. The smallest absolute Gasteiger partial charge is 0.315 e. The molecule has 0 unspecified atom stereocenters. The second kappa shape index (κ2) is 4.64. The van der Waals surface area contributed by atoms with Crippen molar-refractivity contribution >= 4 is 5.97 Å². The highest BCUT2D eigenvalue weighted by Gasteiger charge is 2.32. The standard InChI is InChI=1S/C14H15NO3/c1-14(2,13(16)17)11-9-18-12(15-11)8-10-6-4-3-5-7-10/h3-7,9H,8H2,1-2H3,(H,16,17). The van der Waals surface area contributed by atoms with E-state index < -0.39 is 11.4 Å². The van der Waals surface area contributed by atoms with E-state index in [1.54, 1.807) is 13.8 Å². The predicted octanol–water partition coefficient (Wildman–Crippen LogP) is 2.63. The minimum absolute atomic E-state index is 0.445. The minimum atomic E-state index is -1.03. The van der Waals surface area contributed by atoms with Gasteiger partial charge in [0.2, 0.25) is 0 Å². The Morgan fingerprint density at radius 1 is 1.33 bits per heavy atom. The van der Waals surface area contributed by atoms with Gasteiger partial charge in [-0.05, 0) is 19.4 Å². The molecule has 0 saturated carbocycles. The van der Waals surface area contributed by atoms with E-state index >= 15 is 0 Å². The molecule has 0 amide bonds. The van der Waals surface area contributed by atoms with Crippen LogP contribution in [0.1, 0.15) is 31.0 Å². The first kappa shape index (κ1) is 12.4. The maximum absolute atomic E-state index is 11.1. The zero-order valence-electron chi connectivity index (χ0n) is 10.4. The van der Waals surface area contributed by atoms with E-state index in [1.807, 2.05) is 30.3 Å². The quantitative estimate of drug-likeness (QED) is 0.899. The van der Waals surface area contributed by atoms with Gasteiger partial charge in [0.15, 0.2) is 5.89 Å². The molecule has 0 fully saturated rings. The molecule has 0 aliphatic heterocycles. The fraction of sp³-hybridized carbons (Fsp3) is 0.286. The van der Waals surface area contributed by atoms with Crippen molar-refractivity contribution in [2.75, 3.05) is 0 Å². The molecule has 0 radical (unpaired) electrons. The first-order valence-corrected chi connectivity index (χ1v) is 5.72. The largest absolute Gasteiger partial charge is 0.481 e. The van der Waals surface area contributed by atoms with Crippen molar-refractivity contribution in [1.29, 1.82) is 0 Å². The number of benzene rings is 1. The van der Waals surface area contributed by atoms with Crippen LogP contribution < -0.4 is 0 Å². The molecule has 4 nitrogen and oxygen atoms in total. The Labute approximate surface area is 105 Å². The van der Waals surface area contributed by atoms with Crippen LogP contribution in [0.5, 0.6) is 0 Å². The molecular formula is C14H15NO3. The van der Waals surface area contributed by atoms with Crippen molar-refractivity contribution in [3.05, 3.63) is 53.7 Å². The van der Waals surface area contributed by atoms with Crippen LogP contribution in [0, 0.1) is 0 Å². The lowest BCUT2D eigenvalue weighted by Gasteiger charge is -2.14. The van der Waals surface area contributed by atoms with Crippen LogP contribution in [0.4, 0.5) is 0 Å². The normalized spacial score (nSPS) is 11.4. The lowest BCUT2D eigenvalue weighted by molar-refractivity contribution is -0.142. The second-order valence-corrected chi connectivity index (χ2v) is 4.72. The number of carboxylic acids is 1. The average molecular weight is 245 g/mol. The van der Waals surface area contributed by atoms with Crippen LogP contribution in [0.3, 0.4) is 0 Å². The number of nitrogens with zero attached hydrogens (tertiary/aromatic N) is 1. The fourth-order valence-electron chi connectivity index (χ4n) is 1.56. The van der Waals surface area contributed by atoms with Crippen molar-refractivity contribution in [1.82, 2.24) is 4.98 Å². The third kappa shape index (κ3) is 2.42. The Morgan fingerprint density at radius 2 is 2.00 bits per heavy atom. The van der Waals surface area contributed by atoms with Crippen molar-refractivity contribution in [2.45, 2.75) is 25.7 Å². The summed E-state index contributed by atoms with van der Waals surface area (Å²) in [6, 6.07) is 9.79. The average Bonchev–Trinajstić information content (AvgIpc) is 2.79. The molecule has 1 aromatic carbocycles. The lowest BCUT2D eigenvalue weighted by Crippen LogP contribution is -2.28. The predicted molar refractivity (Wildman–Crippen MR) is 66.4 cm³/mol. The van der Waals surface area contributed by atoms with Crippen LogP contribution in [0.2, 0.25) is 0 Å². The highest BCUT2D eigenvalue weighted by Crippen LogP contribution is 2.23. The molecule has 0 bridgehead atoms. The molecule has 2 rings (SSSR count). The zero-order valence-corrected chi connectivity index (χ0v) is 10.4. The maximum Gasteiger partial charge on any atom is 0.315 e. The molecule has 0 spiro atoms. The fourth-order valence-corrected chi connectivity index (χ4v) is 1.56. The van der Waals surface area contributed by atoms with Gasteiger partial charge in [-0.2, -0.15) is 0 Å². The molecule has 4 heteroatoms. The molecule has 0 atom stereocenters. The summed E-state index contributed by atoms with van der Waals surface area (Å²) >= 11 is 0. The van der Waals surface area contributed by atoms with Crippen LogP contribution in [0.15, 0.2) is 41.0 Å². The monoisotopic (exact) mass is 245 g/mol. The van der Waals surface area contributed by atoms with Crippen LogP contribution in [-0.2, 0) is 16.6 Å². The molecule has 1 aromatic heterocycles. The zero-order chi connectivity index (χ0) is 13.2. The summed E-state index contributed by atoms with van der Waals surface area (Å²) in [6.45, 7) is 3.22. The Balaban J connectivity index is 2.19. The molecular weight excluding hydrogens is 230 g/mol. The van der Waals surface area contributed by atoms with Gasteiger partial charge in [-0.3, -0.25) is 4.79 Å². The third-order valence-corrected chi connectivity index (χ3v) is 2.92. The number of aliphatic carboxylic acids is 1. The summed E-state index contributed by atoms with van der Waals surface area (Å²) in [4.78, 5) is 15.4. The number of hydrogen-bond donors (Lipinski definition) is 1. The van der Waals surface area contributed by atoms with E-state index in [1.165, 1.54) is 6.26 Å². The van der Waals surface area contributed by atoms with Gasteiger partial charge in [-0.25, -0.2) is 4.98 Å². The first-order valence-electron chi connectivity index (χ1n) is 5.72. The number of oxazole rings is 1. The molecule has 94 valence electrons. The van der Waals surface area contributed by atoms with E-state index in [2.05, 4.69) is 4.98 Å². The lowest BCUT2D eigenvalue weighted by atomic mass is 9.90. The Morgan fingerprint density at radius 3 is 2.61 bits per heavy atom. The Kier molecular flexibility index (Phi) is 3.19. The van der Waals surface area contributed by atoms with Crippen LogP contribution >= 0.6 is 0 Å². The van der Waals surface area contributed by atoms with E-state index in [0.29, 0.717) is 18.0 Å². The van der Waals surface area contributed by atoms with E-state index in [0.717, 1.165) is 5.56 Å². The number of rotatable bonds is 4. The third-order valence-electron chi connectivity index (χ3n) is 2.92. The summed E-state index contributed by atoms with van der Waals surface area (Å²) < 4.78 is 5.33. The van der Waals surface area contributed by atoms with Gasteiger partial charge >= 0.3 is 5.97 Å². The number of carbonyl (C=O) groups is 1. The summed E-state index contributed by atoms with van der Waals surface area (Å²) in [5, 5.41) is 9.11. The van der Waals surface area contributed by atoms with Crippen molar-refractivity contribution in [2.24, 2.45) is 0 Å². The molecule has 0 aliphatic carbocycles. The van der Waals surface area contributed by atoms with E-state index in [9.17, 15) is 4.79 Å². The number of hydrogen-bond acceptors (Lipinski definition) is 3. The molecule has 1 heterocycles. The van der Waals surface area contributed by atoms with Crippen molar-refractivity contribution in [3.63, 3.8) is 0 Å². The van der Waals surface area contributed by atoms with Gasteiger partial charge in [-0.15, -0.1) is 0 Å². The van der Waals surface area contributed by atoms with E-state index in [-0.39, 0.29) is 0 Å². The molecule has 0 saturated heterocycles. The Bertz CT molecular complexity index is 543. The van der Waals surface area contributed by atoms with Crippen molar-refractivity contribution < 1.29 is 14.3 Å². The summed E-state index contributed by atoms with van der Waals surface area (Å²) in [7, 11) is 0. The second-order valence-electron chi connectivity index (χ2n) is 4.72. The molecule has 18 heavy (non-hydrogen) atoms. The molecule has 2 aromatic rings. The summed E-state index contributed by atoms with van der Waals surface area (Å²) in [6.07, 6.45) is 1.99. The van der Waals surface area contributed by atoms with Gasteiger partial charge in [0.1, 0.15) is 11.7 Å². The van der Waals surface area contributed by atoms with Gasteiger partial charge in [0.25, 0.3) is 0 Å². The summed E-state index contributed by atoms with van der Waals surface area (Å²) in [5.41, 5.74) is 0.498. The van der Waals surface area contributed by atoms with E-state index in [4.69, 9.17) is 9.52 Å². The van der Waals surface area contributed by atoms with Gasteiger partial charge in [0.05, 0.1) is 5.69 Å². The first-order chi connectivity index (χ1) is 8.50. The van der Waals surface area contributed by atoms with Gasteiger partial charge in [-0.1, -0.05) is 30.3 Å². The highest BCUT2D eigenvalue weighted by atomic mass is 16.4. The highest BCUT2D eigenvalue weighted by molar-refractivity contribution is 5.79. The summed E-state index contributed by atoms with van der Waals surface area (Å²) in [5.74, 6) is -0.382.